The lowest BCUT2D eigenvalue weighted by Crippen LogP contribution is -2.32. The number of imide groups is 1. The first-order valence-corrected chi connectivity index (χ1v) is 33.5. The maximum absolute atomic E-state index is 13.0. The Balaban J connectivity index is 1.32. The lowest BCUT2D eigenvalue weighted by molar-refractivity contribution is -0.438. The molecule has 0 bridgehead atoms. The van der Waals surface area contributed by atoms with Gasteiger partial charge in [-0.05, 0) is 127 Å². The molecule has 5 aromatic rings. The van der Waals surface area contributed by atoms with Crippen molar-refractivity contribution in [3.63, 3.8) is 0 Å². The van der Waals surface area contributed by atoms with E-state index in [1.54, 1.807) is 72.8 Å². The summed E-state index contributed by atoms with van der Waals surface area (Å²) >= 11 is 0.933. The van der Waals surface area contributed by atoms with Gasteiger partial charge in [-0.25, -0.2) is 15.3 Å². The summed E-state index contributed by atoms with van der Waals surface area (Å²) in [5.41, 5.74) is 2.98. The molecule has 3 heterocycles. The molecule has 31 heteroatoms. The van der Waals surface area contributed by atoms with Gasteiger partial charge in [-0.15, -0.1) is 13.7 Å². The normalized spacial score (nSPS) is 16.9. The van der Waals surface area contributed by atoms with Crippen molar-refractivity contribution >= 4 is 127 Å². The molecule has 0 radical (unpaired) electrons. The first kappa shape index (κ1) is 65.0. The number of rotatable bonds is 26. The van der Waals surface area contributed by atoms with Gasteiger partial charge >= 0.3 is 5.97 Å². The van der Waals surface area contributed by atoms with E-state index in [1.165, 1.54) is 12.1 Å². The van der Waals surface area contributed by atoms with E-state index in [1.807, 2.05) is 37.2 Å². The maximum atomic E-state index is 13.0. The van der Waals surface area contributed by atoms with Gasteiger partial charge in [0.15, 0.2) is 5.71 Å². The maximum Gasteiger partial charge on any atom is 0.333 e. The van der Waals surface area contributed by atoms with Gasteiger partial charge in [-0.2, -0.15) is 38.2 Å². The highest BCUT2D eigenvalue weighted by Crippen LogP contribution is 2.53. The van der Waals surface area contributed by atoms with Crippen LogP contribution in [0.4, 0.5) is 11.4 Å². The molecule has 6 N–H and O–H groups in total. The van der Waals surface area contributed by atoms with Crippen molar-refractivity contribution in [2.75, 3.05) is 29.5 Å². The molecule has 2 amide bonds. The highest BCUT2D eigenvalue weighted by Gasteiger charge is 2.46. The minimum atomic E-state index is -4.89. The molecule has 3 aliphatic heterocycles. The van der Waals surface area contributed by atoms with Crippen molar-refractivity contribution in [1.29, 1.82) is 0 Å². The molecular weight excluding hydrogens is 1230 g/mol. The molecule has 1 saturated heterocycles. The van der Waals surface area contributed by atoms with E-state index in [2.05, 4.69) is 14.4 Å². The summed E-state index contributed by atoms with van der Waals surface area (Å²) in [6, 6.07) is 18.8. The highest BCUT2D eigenvalue weighted by atomic mass is 32.2. The Kier molecular flexibility index (Phi) is 19.7. The summed E-state index contributed by atoms with van der Waals surface area (Å²) in [4.78, 5) is 43.8. The number of hydrogen-bond donors (Lipinski definition) is 6. The van der Waals surface area contributed by atoms with E-state index in [0.29, 0.717) is 95.9 Å². The number of aryl methyl sites for hydroxylation is 1. The topological polar surface area (TPSA) is 365 Å². The van der Waals surface area contributed by atoms with Gasteiger partial charge < -0.3 is 9.74 Å². The number of benzene rings is 5. The Morgan fingerprint density at radius 2 is 1.35 bits per heavy atom. The molecule has 0 spiro atoms. The molecular formula is C54H58N3O22S6+. The van der Waals surface area contributed by atoms with Crippen molar-refractivity contribution in [2.45, 2.75) is 109 Å². The van der Waals surface area contributed by atoms with Crippen LogP contribution in [0.15, 0.2) is 122 Å². The number of amides is 2. The summed E-state index contributed by atoms with van der Waals surface area (Å²) in [6.45, 7) is 7.77. The van der Waals surface area contributed by atoms with Gasteiger partial charge in [0.1, 0.15) is 11.4 Å². The van der Waals surface area contributed by atoms with Gasteiger partial charge in [0.2, 0.25) is 5.69 Å². The summed E-state index contributed by atoms with van der Waals surface area (Å²) in [6.07, 6.45) is 7.34. The molecule has 0 saturated carbocycles. The van der Waals surface area contributed by atoms with Crippen LogP contribution in [0.5, 0.6) is 0 Å². The van der Waals surface area contributed by atoms with Gasteiger partial charge in [-0.3, -0.25) is 27.8 Å². The largest absolute Gasteiger partial charge is 0.344 e. The average molecular weight is 1290 g/mol. The second kappa shape index (κ2) is 25.8. The van der Waals surface area contributed by atoms with Crippen LogP contribution in [0.25, 0.3) is 27.1 Å². The van der Waals surface area contributed by atoms with E-state index < -0.39 is 90.4 Å². The first-order valence-electron chi connectivity index (χ1n) is 25.9. The van der Waals surface area contributed by atoms with E-state index in [4.69, 9.17) is 19.7 Å². The van der Waals surface area contributed by atoms with Crippen LogP contribution in [0.1, 0.15) is 94.9 Å². The number of unbranched alkanes of at least 4 members (excludes halogenated alkanes) is 2. The fraction of sp³-hybridized carbons (Fsp3) is 0.333. The molecule has 0 aliphatic carbocycles. The minimum absolute atomic E-state index is 0.0352. The number of hydroxylamine groups is 2. The smallest absolute Gasteiger partial charge is 0.333 e. The molecule has 8 rings (SSSR count). The van der Waals surface area contributed by atoms with E-state index in [0.717, 1.165) is 12.1 Å². The molecule has 0 aromatic heterocycles. The Morgan fingerprint density at radius 3 is 2.00 bits per heavy atom. The number of carbonyl (C=O) groups is 3. The Labute approximate surface area is 497 Å². The number of hydrogen-bond acceptors (Lipinski definition) is 21. The second-order valence-corrected chi connectivity index (χ2v) is 28.5. The Bertz CT molecular complexity index is 4110. The third-order valence-corrected chi connectivity index (χ3v) is 19.2. The van der Waals surface area contributed by atoms with Crippen LogP contribution in [0.2, 0.25) is 0 Å². The fourth-order valence-corrected chi connectivity index (χ4v) is 14.5. The van der Waals surface area contributed by atoms with Crippen molar-refractivity contribution in [2.24, 2.45) is 0 Å². The number of anilines is 1. The molecule has 3 aliphatic rings. The van der Waals surface area contributed by atoms with Crippen molar-refractivity contribution in [1.82, 2.24) is 5.06 Å². The highest BCUT2D eigenvalue weighted by molar-refractivity contribution is 7.95. The second-order valence-electron chi connectivity index (χ2n) is 21.0. The molecule has 85 heavy (non-hydrogen) atoms. The number of fused-ring (bicyclic) bond motifs is 6. The predicted molar refractivity (Wildman–Crippen MR) is 310 cm³/mol. The van der Waals surface area contributed by atoms with E-state index in [-0.39, 0.29) is 79.6 Å². The number of allylic oxidation sites excluding steroid dienone is 6. The SMILES string of the molecule is CC1(C)C(/C=C/C(=C/C=C2/N(CCCCS(=O)(=O)O)c3ccc4c(S(=O)(=O)O)cc(SOOO)cc4c3C2(C)C)c2cccc(CCC(=O)ON3C(=O)CCC3=O)c2)=[N+](CCCCS(=O)(=O)O)c2ccc3c(SOOO)cc(S(=O)(=O)O)cc3c21. The van der Waals surface area contributed by atoms with Gasteiger partial charge in [-0.1, -0.05) is 60.3 Å². The van der Waals surface area contributed by atoms with Crippen LogP contribution in [-0.2, 0) is 95.7 Å². The average Bonchev–Trinajstić information content (AvgIpc) is 1.68. The Morgan fingerprint density at radius 1 is 0.706 bits per heavy atom. The summed E-state index contributed by atoms with van der Waals surface area (Å²) < 4.78 is 150. The third kappa shape index (κ3) is 14.9. The van der Waals surface area contributed by atoms with Crippen molar-refractivity contribution in [3.8, 4) is 0 Å². The molecule has 456 valence electrons. The minimum Gasteiger partial charge on any atom is -0.344 e. The first-order chi connectivity index (χ1) is 39.8. The van der Waals surface area contributed by atoms with E-state index >= 15 is 0 Å². The molecule has 5 aromatic carbocycles. The lowest BCUT2D eigenvalue weighted by Gasteiger charge is -2.27. The van der Waals surface area contributed by atoms with Crippen LogP contribution in [-0.4, -0.2) is 120 Å². The molecule has 1 fully saturated rings. The van der Waals surface area contributed by atoms with E-state index in [9.17, 15) is 66.3 Å². The standard InChI is InChI=1S/C54H57N3O22S6/c1-53(2)46(56(25-6-8-27-83(66,67)68)43-18-16-39-40(51(43)53)29-36(80-78-76-61)30-45(39)85(72,73)74)19-13-34(35-11-9-10-33(28-35)12-23-50(60)75-57-48(58)21-22-49(57)59)14-20-47-54(3,4)52-41-31-37(84(69,70)71)32-44(81-79-77-62)38(41)15-17-42(52)55(47)24-5-7-26-82(63,64)65/h9-11,13-20,28-32H,5-8,12,21-27H2,1-4H3,(H5-,61,62,63,64,65,66,67,68,69,70,71,72,73,74)/p+1. The van der Waals surface area contributed by atoms with Crippen molar-refractivity contribution < 1.29 is 105 Å². The lowest BCUT2D eigenvalue weighted by atomic mass is 9.78. The van der Waals surface area contributed by atoms with Gasteiger partial charge in [0, 0.05) is 75.5 Å². The summed E-state index contributed by atoms with van der Waals surface area (Å²) in [5, 5.41) is 27.4. The Hall–Kier alpha value is -5.98. The number of nitrogens with zero attached hydrogens (tertiary/aromatic N) is 3. The molecule has 0 atom stereocenters. The molecule has 25 nitrogen and oxygen atoms in total. The monoisotopic (exact) mass is 1290 g/mol. The number of carbonyl (C=O) groups excluding carboxylic acids is 3. The molecule has 0 unspecified atom stereocenters. The van der Waals surface area contributed by atoms with Gasteiger partial charge in [0.25, 0.3) is 52.3 Å². The zero-order chi connectivity index (χ0) is 62.0. The predicted octanol–water partition coefficient (Wildman–Crippen LogP) is 8.92. The van der Waals surface area contributed by atoms with Crippen LogP contribution in [0.3, 0.4) is 0 Å². The van der Waals surface area contributed by atoms with Gasteiger partial charge in [0.05, 0.1) is 52.3 Å². The van der Waals surface area contributed by atoms with Crippen LogP contribution < -0.4 is 4.90 Å². The van der Waals surface area contributed by atoms with Crippen molar-refractivity contribution in [3.05, 3.63) is 125 Å². The van der Waals surface area contributed by atoms with Crippen LogP contribution >= 0.6 is 24.1 Å². The summed E-state index contributed by atoms with van der Waals surface area (Å²) in [5.74, 6) is -3.21. The zero-order valence-corrected chi connectivity index (χ0v) is 50.6. The zero-order valence-electron chi connectivity index (χ0n) is 45.7. The summed E-state index contributed by atoms with van der Waals surface area (Å²) in [7, 11) is -18.5. The third-order valence-electron chi connectivity index (χ3n) is 14.7. The fourth-order valence-electron chi connectivity index (χ4n) is 11.0. The van der Waals surface area contributed by atoms with Crippen LogP contribution in [0, 0.1) is 0 Å². The quantitative estimate of drug-likeness (QED) is 0.00439.